The van der Waals surface area contributed by atoms with Gasteiger partial charge in [0.1, 0.15) is 9.84 Å². The van der Waals surface area contributed by atoms with Gasteiger partial charge in [-0.25, -0.2) is 8.42 Å². The smallest absolute Gasteiger partial charge is 0.147 e. The van der Waals surface area contributed by atoms with Gasteiger partial charge in [-0.1, -0.05) is 17.7 Å². The summed E-state index contributed by atoms with van der Waals surface area (Å²) in [4.78, 5) is 4.26. The summed E-state index contributed by atoms with van der Waals surface area (Å²) in [5, 5.41) is 1.80. The molecule has 0 saturated heterocycles. The Morgan fingerprint density at radius 3 is 2.70 bits per heavy atom. The van der Waals surface area contributed by atoms with Gasteiger partial charge in [-0.3, -0.25) is 4.98 Å². The maximum absolute atomic E-state index is 11.3. The van der Waals surface area contributed by atoms with E-state index in [0.717, 1.165) is 27.7 Å². The van der Waals surface area contributed by atoms with E-state index in [0.29, 0.717) is 11.4 Å². The molecular formula is C17H17ClN2O2S. The van der Waals surface area contributed by atoms with Crippen LogP contribution < -0.4 is 0 Å². The molecule has 3 rings (SSSR count). The highest BCUT2D eigenvalue weighted by atomic mass is 35.5. The van der Waals surface area contributed by atoms with Gasteiger partial charge in [0.2, 0.25) is 0 Å². The van der Waals surface area contributed by atoms with Gasteiger partial charge >= 0.3 is 0 Å². The lowest BCUT2D eigenvalue weighted by atomic mass is 10.1. The first-order valence-corrected chi connectivity index (χ1v) is 9.64. The fourth-order valence-electron chi connectivity index (χ4n) is 2.65. The van der Waals surface area contributed by atoms with Crippen LogP contribution in [0.15, 0.2) is 42.7 Å². The molecule has 120 valence electrons. The Bertz CT molecular complexity index is 977. The van der Waals surface area contributed by atoms with Crippen LogP contribution in [0, 0.1) is 0 Å². The van der Waals surface area contributed by atoms with Crippen LogP contribution >= 0.6 is 11.6 Å². The highest BCUT2D eigenvalue weighted by Gasteiger charge is 2.10. The molecule has 0 fully saturated rings. The van der Waals surface area contributed by atoms with Crippen molar-refractivity contribution >= 4 is 32.3 Å². The zero-order valence-corrected chi connectivity index (χ0v) is 14.5. The Morgan fingerprint density at radius 1 is 1.17 bits per heavy atom. The second-order valence-electron chi connectivity index (χ2n) is 5.75. The quantitative estimate of drug-likeness (QED) is 0.725. The molecule has 0 unspecified atom stereocenters. The third-order valence-electron chi connectivity index (χ3n) is 3.86. The Labute approximate surface area is 140 Å². The molecule has 0 amide bonds. The SMILES string of the molecule is Cn1c(-c2cncc(CCS(C)(=O)=O)c2)cc2ccc(Cl)cc21. The molecule has 2 heterocycles. The summed E-state index contributed by atoms with van der Waals surface area (Å²) in [6.45, 7) is 0. The average Bonchev–Trinajstić information content (AvgIpc) is 2.82. The molecule has 0 bridgehead atoms. The first-order valence-electron chi connectivity index (χ1n) is 7.20. The minimum Gasteiger partial charge on any atom is -0.344 e. The third kappa shape index (κ3) is 3.57. The maximum atomic E-state index is 11.3. The van der Waals surface area contributed by atoms with Gasteiger partial charge in [-0.2, -0.15) is 0 Å². The topological polar surface area (TPSA) is 52.0 Å². The van der Waals surface area contributed by atoms with Crippen LogP contribution in [0.2, 0.25) is 5.02 Å². The molecule has 1 aromatic carbocycles. The summed E-state index contributed by atoms with van der Waals surface area (Å²) in [6, 6.07) is 9.87. The molecule has 6 heteroatoms. The van der Waals surface area contributed by atoms with Crippen LogP contribution in [0.1, 0.15) is 5.56 Å². The average molecular weight is 349 g/mol. The lowest BCUT2D eigenvalue weighted by molar-refractivity contribution is 0.601. The fraction of sp³-hybridized carbons (Fsp3) is 0.235. The zero-order valence-electron chi connectivity index (χ0n) is 13.0. The standard InChI is InChI=1S/C17H17ClN2O2S/c1-20-16(8-13-3-4-15(18)9-17(13)20)14-7-12(10-19-11-14)5-6-23(2,21)22/h3-4,7-11H,5-6H2,1-2H3. The number of aromatic nitrogens is 2. The van der Waals surface area contributed by atoms with Crippen molar-refractivity contribution in [1.82, 2.24) is 9.55 Å². The van der Waals surface area contributed by atoms with E-state index < -0.39 is 9.84 Å². The van der Waals surface area contributed by atoms with Gasteiger partial charge in [-0.05, 0) is 36.2 Å². The molecule has 0 aliphatic carbocycles. The van der Waals surface area contributed by atoms with E-state index in [1.807, 2.05) is 31.3 Å². The summed E-state index contributed by atoms with van der Waals surface area (Å²) >= 11 is 6.07. The number of halogens is 1. The first kappa shape index (κ1) is 16.0. The molecule has 0 spiro atoms. The second kappa shape index (κ2) is 5.98. The summed E-state index contributed by atoms with van der Waals surface area (Å²) in [5.41, 5.74) is 3.95. The lowest BCUT2D eigenvalue weighted by Gasteiger charge is -2.06. The van der Waals surface area contributed by atoms with Gasteiger partial charge in [0, 0.05) is 47.2 Å². The van der Waals surface area contributed by atoms with Crippen molar-refractivity contribution in [3.05, 3.63) is 53.3 Å². The normalized spacial score (nSPS) is 12.0. The Morgan fingerprint density at radius 2 is 1.96 bits per heavy atom. The number of nitrogens with zero attached hydrogens (tertiary/aromatic N) is 2. The van der Waals surface area contributed by atoms with Crippen molar-refractivity contribution in [3.63, 3.8) is 0 Å². The van der Waals surface area contributed by atoms with Gasteiger partial charge in [0.05, 0.1) is 11.4 Å². The highest BCUT2D eigenvalue weighted by molar-refractivity contribution is 7.90. The number of hydrogen-bond acceptors (Lipinski definition) is 3. The van der Waals surface area contributed by atoms with E-state index in [1.165, 1.54) is 6.26 Å². The van der Waals surface area contributed by atoms with E-state index >= 15 is 0 Å². The van der Waals surface area contributed by atoms with Crippen LogP contribution in [0.5, 0.6) is 0 Å². The van der Waals surface area contributed by atoms with Crippen molar-refractivity contribution in [1.29, 1.82) is 0 Å². The van der Waals surface area contributed by atoms with Crippen LogP contribution in [0.4, 0.5) is 0 Å². The van der Waals surface area contributed by atoms with Crippen LogP contribution in [0.3, 0.4) is 0 Å². The lowest BCUT2D eigenvalue weighted by Crippen LogP contribution is -2.06. The van der Waals surface area contributed by atoms with Gasteiger partial charge in [0.15, 0.2) is 0 Å². The van der Waals surface area contributed by atoms with Crippen molar-refractivity contribution in [3.8, 4) is 11.3 Å². The van der Waals surface area contributed by atoms with E-state index in [4.69, 9.17) is 11.6 Å². The third-order valence-corrected chi connectivity index (χ3v) is 5.04. The Balaban J connectivity index is 2.00. The monoisotopic (exact) mass is 348 g/mol. The van der Waals surface area contributed by atoms with E-state index in [1.54, 1.807) is 12.4 Å². The molecule has 0 atom stereocenters. The van der Waals surface area contributed by atoms with Crippen LogP contribution in [-0.2, 0) is 23.3 Å². The number of sulfone groups is 1. The van der Waals surface area contributed by atoms with Crippen molar-refractivity contribution in [2.24, 2.45) is 7.05 Å². The van der Waals surface area contributed by atoms with E-state index in [9.17, 15) is 8.42 Å². The summed E-state index contributed by atoms with van der Waals surface area (Å²) in [6.07, 6.45) is 5.22. The van der Waals surface area contributed by atoms with Crippen LogP contribution in [-0.4, -0.2) is 30.0 Å². The second-order valence-corrected chi connectivity index (χ2v) is 8.45. The number of rotatable bonds is 4. The first-order chi connectivity index (χ1) is 10.8. The molecule has 3 aromatic rings. The fourth-order valence-corrected chi connectivity index (χ4v) is 3.42. The molecule has 4 nitrogen and oxygen atoms in total. The summed E-state index contributed by atoms with van der Waals surface area (Å²) < 4.78 is 24.7. The molecule has 2 aromatic heterocycles. The summed E-state index contributed by atoms with van der Waals surface area (Å²) in [7, 11) is -0.998. The van der Waals surface area contributed by atoms with E-state index in [-0.39, 0.29) is 5.75 Å². The minimum atomic E-state index is -2.98. The van der Waals surface area contributed by atoms with Crippen molar-refractivity contribution in [2.45, 2.75) is 6.42 Å². The van der Waals surface area contributed by atoms with Crippen molar-refractivity contribution < 1.29 is 8.42 Å². The van der Waals surface area contributed by atoms with E-state index in [2.05, 4.69) is 15.6 Å². The maximum Gasteiger partial charge on any atom is 0.147 e. The van der Waals surface area contributed by atoms with Crippen LogP contribution in [0.25, 0.3) is 22.2 Å². The summed E-state index contributed by atoms with van der Waals surface area (Å²) in [5.74, 6) is 0.128. The Hall–Kier alpha value is -1.85. The minimum absolute atomic E-state index is 0.128. The highest BCUT2D eigenvalue weighted by Crippen LogP contribution is 2.29. The molecule has 0 N–H and O–H groups in total. The largest absolute Gasteiger partial charge is 0.344 e. The zero-order chi connectivity index (χ0) is 16.6. The molecule has 0 aliphatic heterocycles. The Kier molecular flexibility index (Phi) is 4.17. The van der Waals surface area contributed by atoms with Gasteiger partial charge in [-0.15, -0.1) is 0 Å². The molecule has 0 aliphatic rings. The predicted molar refractivity (Wildman–Crippen MR) is 94.6 cm³/mol. The number of fused-ring (bicyclic) bond motifs is 1. The predicted octanol–water partition coefficient (Wildman–Crippen LogP) is 3.48. The molecule has 23 heavy (non-hydrogen) atoms. The van der Waals surface area contributed by atoms with Gasteiger partial charge < -0.3 is 4.57 Å². The number of hydrogen-bond donors (Lipinski definition) is 0. The number of pyridine rings is 1. The number of benzene rings is 1. The van der Waals surface area contributed by atoms with Gasteiger partial charge in [0.25, 0.3) is 0 Å². The number of aryl methyl sites for hydroxylation is 2. The molecule has 0 saturated carbocycles. The molecule has 0 radical (unpaired) electrons. The van der Waals surface area contributed by atoms with Crippen molar-refractivity contribution in [2.75, 3.05) is 12.0 Å². The molecular weight excluding hydrogens is 332 g/mol.